The zero-order valence-electron chi connectivity index (χ0n) is 17.0. The smallest absolute Gasteiger partial charge is 0.269 e. The van der Waals surface area contributed by atoms with Gasteiger partial charge in [-0.1, -0.05) is 25.1 Å². The molecule has 0 radical (unpaired) electrons. The number of hydrogen-bond donors (Lipinski definition) is 2. The molecule has 0 fully saturated rings. The van der Waals surface area contributed by atoms with Crippen molar-refractivity contribution in [1.82, 2.24) is 10.9 Å². The summed E-state index contributed by atoms with van der Waals surface area (Å²) in [5, 5.41) is 0. The lowest BCUT2D eigenvalue weighted by atomic mass is 9.90. The molecule has 29 heavy (non-hydrogen) atoms. The van der Waals surface area contributed by atoms with Crippen molar-refractivity contribution in [3.63, 3.8) is 0 Å². The molecule has 154 valence electrons. The molecule has 0 saturated heterocycles. The predicted molar refractivity (Wildman–Crippen MR) is 111 cm³/mol. The highest BCUT2D eigenvalue weighted by molar-refractivity contribution is 5.96. The highest BCUT2D eigenvalue weighted by atomic mass is 16.5. The topological polar surface area (TPSA) is 76.7 Å². The van der Waals surface area contributed by atoms with Crippen LogP contribution in [0, 0.1) is 0 Å². The van der Waals surface area contributed by atoms with E-state index in [-0.39, 0.29) is 12.3 Å². The van der Waals surface area contributed by atoms with Crippen LogP contribution in [0.3, 0.4) is 0 Å². The third kappa shape index (κ3) is 5.50. The Morgan fingerprint density at radius 1 is 0.966 bits per heavy atom. The second-order valence-corrected chi connectivity index (χ2v) is 7.20. The number of ether oxygens (including phenoxy) is 2. The van der Waals surface area contributed by atoms with E-state index in [4.69, 9.17) is 9.47 Å². The van der Waals surface area contributed by atoms with Crippen molar-refractivity contribution in [2.45, 2.75) is 45.4 Å². The van der Waals surface area contributed by atoms with Crippen LogP contribution >= 0.6 is 0 Å². The minimum atomic E-state index is -0.413. The van der Waals surface area contributed by atoms with E-state index in [0.29, 0.717) is 23.7 Å². The van der Waals surface area contributed by atoms with Gasteiger partial charge >= 0.3 is 0 Å². The number of hydrazine groups is 1. The van der Waals surface area contributed by atoms with E-state index < -0.39 is 5.91 Å². The summed E-state index contributed by atoms with van der Waals surface area (Å²) < 4.78 is 10.9. The number of rotatable bonds is 7. The zero-order valence-corrected chi connectivity index (χ0v) is 17.0. The van der Waals surface area contributed by atoms with Crippen LogP contribution in [0.2, 0.25) is 0 Å². The fourth-order valence-corrected chi connectivity index (χ4v) is 3.47. The number of aryl methyl sites for hydroxylation is 2. The van der Waals surface area contributed by atoms with Crippen molar-refractivity contribution in [3.05, 3.63) is 58.7 Å². The van der Waals surface area contributed by atoms with Gasteiger partial charge in [0.25, 0.3) is 5.91 Å². The third-order valence-corrected chi connectivity index (χ3v) is 4.98. The van der Waals surface area contributed by atoms with E-state index in [1.165, 1.54) is 31.1 Å². The molecule has 2 N–H and O–H groups in total. The zero-order chi connectivity index (χ0) is 20.6. The molecule has 0 spiro atoms. The molecule has 1 aliphatic carbocycles. The first kappa shape index (κ1) is 20.7. The number of methoxy groups -OCH3 is 1. The number of benzene rings is 2. The van der Waals surface area contributed by atoms with E-state index in [2.05, 4.69) is 23.0 Å². The number of fused-ring (bicyclic) bond motifs is 1. The average molecular weight is 396 g/mol. The lowest BCUT2D eigenvalue weighted by molar-refractivity contribution is -0.121. The molecule has 0 unspecified atom stereocenters. The molecule has 1 aliphatic rings. The maximum absolute atomic E-state index is 12.4. The molecule has 2 aromatic carbocycles. The van der Waals surface area contributed by atoms with Gasteiger partial charge in [-0.2, -0.15) is 0 Å². The quantitative estimate of drug-likeness (QED) is 0.704. The summed E-state index contributed by atoms with van der Waals surface area (Å²) in [6.07, 6.45) is 5.72. The molecule has 2 aromatic rings. The lowest BCUT2D eigenvalue weighted by Crippen LogP contribution is -2.42. The van der Waals surface area contributed by atoms with Gasteiger partial charge in [0.15, 0.2) is 11.5 Å². The molecule has 0 atom stereocenters. The SMILES string of the molecule is CCCOc1ccc(C(=O)NNC(=O)Cc2ccc3c(c2)CCCC3)cc1OC. The highest BCUT2D eigenvalue weighted by Gasteiger charge is 2.14. The fourth-order valence-electron chi connectivity index (χ4n) is 3.47. The first-order valence-corrected chi connectivity index (χ1v) is 10.1. The lowest BCUT2D eigenvalue weighted by Gasteiger charge is -2.16. The van der Waals surface area contributed by atoms with Gasteiger partial charge in [0.1, 0.15) is 0 Å². The largest absolute Gasteiger partial charge is 0.493 e. The van der Waals surface area contributed by atoms with Crippen molar-refractivity contribution in [2.24, 2.45) is 0 Å². The van der Waals surface area contributed by atoms with Gasteiger partial charge < -0.3 is 9.47 Å². The normalized spacial score (nSPS) is 12.6. The predicted octanol–water partition coefficient (Wildman–Crippen LogP) is 3.37. The Kier molecular flexibility index (Phi) is 7.11. The van der Waals surface area contributed by atoms with Gasteiger partial charge in [-0.25, -0.2) is 0 Å². The van der Waals surface area contributed by atoms with Gasteiger partial charge in [0.05, 0.1) is 20.1 Å². The van der Waals surface area contributed by atoms with Crippen LogP contribution in [0.1, 0.15) is 53.2 Å². The van der Waals surface area contributed by atoms with Crippen LogP contribution in [0.4, 0.5) is 0 Å². The monoisotopic (exact) mass is 396 g/mol. The summed E-state index contributed by atoms with van der Waals surface area (Å²) in [4.78, 5) is 24.6. The molecule has 6 heteroatoms. The molecule has 0 aliphatic heterocycles. The van der Waals surface area contributed by atoms with Gasteiger partial charge in [-0.3, -0.25) is 20.4 Å². The summed E-state index contributed by atoms with van der Waals surface area (Å²) in [5.74, 6) is 0.391. The average Bonchev–Trinajstić information content (AvgIpc) is 2.75. The van der Waals surface area contributed by atoms with Crippen LogP contribution in [-0.2, 0) is 24.1 Å². The Labute approximate surface area is 171 Å². The van der Waals surface area contributed by atoms with Crippen LogP contribution < -0.4 is 20.3 Å². The van der Waals surface area contributed by atoms with Gasteiger partial charge in [-0.05, 0) is 67.0 Å². The van der Waals surface area contributed by atoms with E-state index in [1.54, 1.807) is 18.2 Å². The molecule has 0 bridgehead atoms. The Morgan fingerprint density at radius 2 is 1.76 bits per heavy atom. The third-order valence-electron chi connectivity index (χ3n) is 4.98. The molecular formula is C23H28N2O4. The number of nitrogens with one attached hydrogen (secondary N) is 2. The molecule has 0 aromatic heterocycles. The number of carbonyl (C=O) groups excluding carboxylic acids is 2. The molecule has 6 nitrogen and oxygen atoms in total. The summed E-state index contributed by atoms with van der Waals surface area (Å²) in [6.45, 7) is 2.59. The molecule has 3 rings (SSSR count). The number of amides is 2. The minimum Gasteiger partial charge on any atom is -0.493 e. The summed E-state index contributed by atoms with van der Waals surface area (Å²) in [5.41, 5.74) is 9.00. The van der Waals surface area contributed by atoms with E-state index in [9.17, 15) is 9.59 Å². The Morgan fingerprint density at radius 3 is 2.52 bits per heavy atom. The summed E-state index contributed by atoms with van der Waals surface area (Å²) >= 11 is 0. The van der Waals surface area contributed by atoms with E-state index >= 15 is 0 Å². The Balaban J connectivity index is 1.55. The van der Waals surface area contributed by atoms with Crippen molar-refractivity contribution in [3.8, 4) is 11.5 Å². The van der Waals surface area contributed by atoms with Crippen LogP contribution in [0.15, 0.2) is 36.4 Å². The maximum Gasteiger partial charge on any atom is 0.269 e. The first-order valence-electron chi connectivity index (χ1n) is 10.1. The van der Waals surface area contributed by atoms with Crippen LogP contribution in [0.5, 0.6) is 11.5 Å². The van der Waals surface area contributed by atoms with Crippen molar-refractivity contribution in [1.29, 1.82) is 0 Å². The highest BCUT2D eigenvalue weighted by Crippen LogP contribution is 2.28. The Hall–Kier alpha value is -3.02. The molecule has 2 amide bonds. The van der Waals surface area contributed by atoms with Crippen LogP contribution in [0.25, 0.3) is 0 Å². The number of hydrogen-bond acceptors (Lipinski definition) is 4. The second-order valence-electron chi connectivity index (χ2n) is 7.20. The first-order chi connectivity index (χ1) is 14.1. The van der Waals surface area contributed by atoms with Crippen molar-refractivity contribution in [2.75, 3.05) is 13.7 Å². The Bertz CT molecular complexity index is 879. The van der Waals surface area contributed by atoms with Crippen molar-refractivity contribution < 1.29 is 19.1 Å². The van der Waals surface area contributed by atoms with Crippen molar-refractivity contribution >= 4 is 11.8 Å². The second kappa shape index (κ2) is 9.96. The van der Waals surface area contributed by atoms with Crippen LogP contribution in [-0.4, -0.2) is 25.5 Å². The summed E-state index contributed by atoms with van der Waals surface area (Å²) in [6, 6.07) is 11.1. The van der Waals surface area contributed by atoms with Gasteiger partial charge in [-0.15, -0.1) is 0 Å². The van der Waals surface area contributed by atoms with E-state index in [0.717, 1.165) is 24.8 Å². The molecule has 0 saturated carbocycles. The van der Waals surface area contributed by atoms with Gasteiger partial charge in [0.2, 0.25) is 5.91 Å². The molecule has 0 heterocycles. The molecular weight excluding hydrogens is 368 g/mol. The standard InChI is InChI=1S/C23H28N2O4/c1-3-12-29-20-11-10-19(15-21(20)28-2)23(27)25-24-22(26)14-16-8-9-17-6-4-5-7-18(17)13-16/h8-11,13,15H,3-7,12,14H2,1-2H3,(H,24,26)(H,25,27). The minimum absolute atomic E-state index is 0.223. The van der Waals surface area contributed by atoms with Gasteiger partial charge in [0, 0.05) is 5.56 Å². The summed E-state index contributed by atoms with van der Waals surface area (Å²) in [7, 11) is 1.52. The van der Waals surface area contributed by atoms with E-state index in [1.807, 2.05) is 13.0 Å². The fraction of sp³-hybridized carbons (Fsp3) is 0.391. The maximum atomic E-state index is 12.4. The number of carbonyl (C=O) groups is 2.